The smallest absolute Gasteiger partial charge is 0.279 e. The number of carbonyl (C=O) groups excluding carboxylic acids is 2. The number of anilines is 2. The summed E-state index contributed by atoms with van der Waals surface area (Å²) in [5.74, 6) is 0.484. The molecule has 3 aromatic rings. The molecule has 2 N–H and O–H groups in total. The molecule has 0 unspecified atom stereocenters. The second kappa shape index (κ2) is 8.53. The fourth-order valence-electron chi connectivity index (χ4n) is 4.96. The van der Waals surface area contributed by atoms with E-state index in [1.54, 1.807) is 36.4 Å². The van der Waals surface area contributed by atoms with E-state index in [1.807, 2.05) is 18.2 Å². The number of ether oxygens (including phenoxy) is 2. The van der Waals surface area contributed by atoms with E-state index < -0.39 is 11.0 Å². The van der Waals surface area contributed by atoms with Gasteiger partial charge in [0.05, 0.1) is 34.0 Å². The van der Waals surface area contributed by atoms with E-state index >= 15 is 0 Å². The van der Waals surface area contributed by atoms with Gasteiger partial charge in [0.1, 0.15) is 0 Å². The Kier molecular flexibility index (Phi) is 5.18. The van der Waals surface area contributed by atoms with Crippen molar-refractivity contribution < 1.29 is 24.0 Å². The Labute approximate surface area is 205 Å². The Morgan fingerprint density at radius 3 is 2.50 bits per heavy atom. The van der Waals surface area contributed by atoms with Crippen LogP contribution < -0.4 is 20.1 Å². The molecule has 0 aromatic heterocycles. The van der Waals surface area contributed by atoms with Crippen molar-refractivity contribution in [1.29, 1.82) is 0 Å². The molecule has 0 saturated carbocycles. The highest BCUT2D eigenvalue weighted by molar-refractivity contribution is 6.10. The molecule has 9 heteroatoms. The maximum Gasteiger partial charge on any atom is 0.279 e. The lowest BCUT2D eigenvalue weighted by molar-refractivity contribution is -0.385. The lowest BCUT2D eigenvalue weighted by Crippen LogP contribution is -2.24. The minimum atomic E-state index is -0.785. The number of hydrogen-bond donors (Lipinski definition) is 2. The molecule has 6 rings (SSSR count). The number of fused-ring (bicyclic) bond motifs is 2. The van der Waals surface area contributed by atoms with Gasteiger partial charge in [0.25, 0.3) is 5.69 Å². The summed E-state index contributed by atoms with van der Waals surface area (Å²) in [5, 5.41) is 18.7. The number of rotatable bonds is 4. The van der Waals surface area contributed by atoms with E-state index in [2.05, 4.69) is 10.6 Å². The molecule has 0 saturated heterocycles. The highest BCUT2D eigenvalue weighted by Gasteiger charge is 2.37. The second-order valence-corrected chi connectivity index (χ2v) is 8.85. The number of carbonyl (C=O) groups is 2. The number of nitro groups is 1. The Morgan fingerprint density at radius 2 is 1.72 bits per heavy atom. The summed E-state index contributed by atoms with van der Waals surface area (Å²) in [7, 11) is 0. The van der Waals surface area contributed by atoms with Gasteiger partial charge in [0.15, 0.2) is 23.1 Å². The van der Waals surface area contributed by atoms with Crippen LogP contribution in [0.4, 0.5) is 17.1 Å². The molecule has 0 fully saturated rings. The van der Waals surface area contributed by atoms with E-state index in [9.17, 15) is 19.7 Å². The van der Waals surface area contributed by atoms with Gasteiger partial charge in [-0.1, -0.05) is 30.3 Å². The summed E-state index contributed by atoms with van der Waals surface area (Å²) >= 11 is 0. The van der Waals surface area contributed by atoms with Crippen LogP contribution in [0.25, 0.3) is 0 Å². The third kappa shape index (κ3) is 3.65. The second-order valence-electron chi connectivity index (χ2n) is 8.85. The predicted octanol–water partition coefficient (Wildman–Crippen LogP) is 5.14. The topological polar surface area (TPSA) is 120 Å². The first-order valence-corrected chi connectivity index (χ1v) is 11.6. The van der Waals surface area contributed by atoms with Gasteiger partial charge in [-0.05, 0) is 37.1 Å². The highest BCUT2D eigenvalue weighted by Crippen LogP contribution is 2.46. The molecule has 2 aliphatic heterocycles. The van der Waals surface area contributed by atoms with Gasteiger partial charge >= 0.3 is 0 Å². The average molecular weight is 483 g/mol. The fourth-order valence-corrected chi connectivity index (χ4v) is 4.96. The standard InChI is InChI=1S/C27H21N3O6/c31-22-8-4-7-19-25(22)26(17-12-23-24(36-14-35-23)13-21(17)30(33)34)29-18-10-9-16(11-20(18)28-19)27(32)15-5-2-1-3-6-15/h1-3,5-6,9-13,26,28-29H,4,7-8,14H2/t26-/m0/s1. The van der Waals surface area contributed by atoms with Crippen molar-refractivity contribution in [2.75, 3.05) is 17.4 Å². The minimum Gasteiger partial charge on any atom is -0.454 e. The predicted molar refractivity (Wildman–Crippen MR) is 131 cm³/mol. The number of Topliss-reactive ketones (excluding diaryl/α,β-unsaturated/α-hetero) is 1. The first-order valence-electron chi connectivity index (χ1n) is 11.6. The summed E-state index contributed by atoms with van der Waals surface area (Å²) in [5.41, 5.74) is 3.61. The molecule has 1 atom stereocenters. The molecular weight excluding hydrogens is 462 g/mol. The Bertz CT molecular complexity index is 1460. The first-order chi connectivity index (χ1) is 17.5. The summed E-state index contributed by atoms with van der Waals surface area (Å²) < 4.78 is 10.8. The number of nitrogens with one attached hydrogen (secondary N) is 2. The number of benzene rings is 3. The van der Waals surface area contributed by atoms with E-state index in [1.165, 1.54) is 6.07 Å². The van der Waals surface area contributed by atoms with E-state index in [-0.39, 0.29) is 24.0 Å². The lowest BCUT2D eigenvalue weighted by atomic mass is 9.86. The molecule has 36 heavy (non-hydrogen) atoms. The highest BCUT2D eigenvalue weighted by atomic mass is 16.7. The zero-order valence-corrected chi connectivity index (χ0v) is 19.1. The molecular formula is C27H21N3O6. The van der Waals surface area contributed by atoms with Crippen LogP contribution in [-0.2, 0) is 4.79 Å². The molecule has 0 amide bonds. The van der Waals surface area contributed by atoms with Crippen LogP contribution in [0.15, 0.2) is 71.9 Å². The van der Waals surface area contributed by atoms with E-state index in [0.717, 1.165) is 0 Å². The molecule has 3 aromatic carbocycles. The van der Waals surface area contributed by atoms with E-state index in [4.69, 9.17) is 9.47 Å². The first kappa shape index (κ1) is 21.8. The van der Waals surface area contributed by atoms with Crippen LogP contribution in [0, 0.1) is 10.1 Å². The van der Waals surface area contributed by atoms with Crippen LogP contribution >= 0.6 is 0 Å². The molecule has 1 aliphatic carbocycles. The van der Waals surface area contributed by atoms with Gasteiger partial charge in [-0.3, -0.25) is 19.7 Å². The number of hydrogen-bond acceptors (Lipinski definition) is 8. The number of allylic oxidation sites excluding steroid dienone is 1. The molecule has 0 spiro atoms. The van der Waals surface area contributed by atoms with Crippen LogP contribution in [0.2, 0.25) is 0 Å². The van der Waals surface area contributed by atoms with E-state index in [0.29, 0.717) is 70.1 Å². The van der Waals surface area contributed by atoms with Gasteiger partial charge in [-0.15, -0.1) is 0 Å². The third-order valence-corrected chi connectivity index (χ3v) is 6.68. The summed E-state index contributed by atoms with van der Waals surface area (Å²) in [6, 6.07) is 16.3. The normalized spacial score (nSPS) is 17.9. The van der Waals surface area contributed by atoms with Crippen molar-refractivity contribution >= 4 is 28.6 Å². The zero-order valence-electron chi connectivity index (χ0n) is 19.1. The average Bonchev–Trinajstić information content (AvgIpc) is 3.28. The fraction of sp³-hybridized carbons (Fsp3) is 0.185. The van der Waals surface area contributed by atoms with Crippen LogP contribution in [0.3, 0.4) is 0 Å². The molecule has 2 heterocycles. The largest absolute Gasteiger partial charge is 0.454 e. The quantitative estimate of drug-likeness (QED) is 0.297. The third-order valence-electron chi connectivity index (χ3n) is 6.68. The van der Waals surface area contributed by atoms with Crippen LogP contribution in [-0.4, -0.2) is 23.3 Å². The minimum absolute atomic E-state index is 0.0243. The Balaban J connectivity index is 1.48. The zero-order chi connectivity index (χ0) is 24.8. The molecule has 180 valence electrons. The number of ketones is 2. The Hall–Kier alpha value is -4.66. The molecule has 3 aliphatic rings. The summed E-state index contributed by atoms with van der Waals surface area (Å²) in [4.78, 5) is 37.8. The lowest BCUT2D eigenvalue weighted by Gasteiger charge is -2.25. The van der Waals surface area contributed by atoms with Gasteiger partial charge in [-0.25, -0.2) is 0 Å². The number of nitro benzene ring substituents is 1. The molecule has 9 nitrogen and oxygen atoms in total. The van der Waals surface area contributed by atoms with Crippen molar-refractivity contribution in [3.8, 4) is 11.5 Å². The van der Waals surface area contributed by atoms with Crippen LogP contribution in [0.5, 0.6) is 11.5 Å². The van der Waals surface area contributed by atoms with Crippen molar-refractivity contribution in [2.45, 2.75) is 25.3 Å². The SMILES string of the molecule is O=C1CCCC2=C1[C@H](c1cc3c(cc1[N+](=O)[O-])OCO3)Nc1ccc(C(=O)c3ccccc3)cc1N2. The van der Waals surface area contributed by atoms with Gasteiger partial charge in [0.2, 0.25) is 6.79 Å². The monoisotopic (exact) mass is 483 g/mol. The number of nitrogens with zero attached hydrogens (tertiary/aromatic N) is 1. The summed E-state index contributed by atoms with van der Waals surface area (Å²) in [6.07, 6.45) is 1.62. The van der Waals surface area contributed by atoms with Crippen molar-refractivity contribution in [2.24, 2.45) is 0 Å². The molecule has 0 bridgehead atoms. The van der Waals surface area contributed by atoms with Gasteiger partial charge in [0, 0.05) is 28.8 Å². The van der Waals surface area contributed by atoms with Gasteiger partial charge in [-0.2, -0.15) is 0 Å². The molecule has 0 radical (unpaired) electrons. The van der Waals surface area contributed by atoms with Crippen molar-refractivity contribution in [3.05, 3.63) is 98.7 Å². The maximum absolute atomic E-state index is 13.2. The van der Waals surface area contributed by atoms with Crippen molar-refractivity contribution in [3.63, 3.8) is 0 Å². The summed E-state index contributed by atoms with van der Waals surface area (Å²) in [6.45, 7) is -0.0243. The Morgan fingerprint density at radius 1 is 0.944 bits per heavy atom. The van der Waals surface area contributed by atoms with Crippen LogP contribution in [0.1, 0.15) is 46.8 Å². The van der Waals surface area contributed by atoms with Crippen molar-refractivity contribution in [1.82, 2.24) is 0 Å². The maximum atomic E-state index is 13.2. The van der Waals surface area contributed by atoms with Gasteiger partial charge < -0.3 is 20.1 Å².